The van der Waals surface area contributed by atoms with Crippen LogP contribution in [0, 0.1) is 5.92 Å². The Kier molecular flexibility index (Phi) is 6.14. The summed E-state index contributed by atoms with van der Waals surface area (Å²) < 4.78 is 7.26. The minimum atomic E-state index is -0.322. The molecule has 2 aromatic heterocycles. The summed E-state index contributed by atoms with van der Waals surface area (Å²) in [5.41, 5.74) is 7.82. The van der Waals surface area contributed by atoms with E-state index >= 15 is 0 Å². The van der Waals surface area contributed by atoms with Crippen LogP contribution in [-0.4, -0.2) is 49.8 Å². The van der Waals surface area contributed by atoms with Gasteiger partial charge in [0.1, 0.15) is 17.5 Å². The third kappa shape index (κ3) is 4.54. The fourth-order valence-electron chi connectivity index (χ4n) is 4.03. The largest absolute Gasteiger partial charge is 0.446 e. The van der Waals surface area contributed by atoms with Gasteiger partial charge in [0.15, 0.2) is 5.82 Å². The van der Waals surface area contributed by atoms with Gasteiger partial charge in [0.25, 0.3) is 0 Å². The van der Waals surface area contributed by atoms with Crippen LogP contribution >= 0.6 is 0 Å². The molecule has 0 bridgehead atoms. The molecular formula is C20H29N7O3. The maximum atomic E-state index is 12.0. The van der Waals surface area contributed by atoms with Crippen molar-refractivity contribution in [1.82, 2.24) is 30.8 Å². The minimum Gasteiger partial charge on any atom is -0.446 e. The van der Waals surface area contributed by atoms with E-state index in [9.17, 15) is 9.90 Å². The lowest BCUT2D eigenvalue weighted by molar-refractivity contribution is 0.0949. The minimum absolute atomic E-state index is 0.0408. The molecule has 30 heavy (non-hydrogen) atoms. The van der Waals surface area contributed by atoms with E-state index in [1.165, 1.54) is 0 Å². The molecule has 10 heteroatoms. The number of ether oxygens (including phenoxy) is 1. The van der Waals surface area contributed by atoms with Gasteiger partial charge in [-0.25, -0.2) is 24.7 Å². The Morgan fingerprint density at radius 2 is 2.37 bits per heavy atom. The Hall–Kier alpha value is -2.72. The van der Waals surface area contributed by atoms with Gasteiger partial charge in [-0.1, -0.05) is 6.92 Å². The molecule has 1 saturated heterocycles. The maximum Gasteiger partial charge on any atom is 0.407 e. The van der Waals surface area contributed by atoms with Crippen molar-refractivity contribution in [3.63, 3.8) is 0 Å². The number of carbonyl (C=O) groups excluding carboxylic acids is 1. The first kappa shape index (κ1) is 20.5. The van der Waals surface area contributed by atoms with Crippen molar-refractivity contribution in [3.8, 4) is 0 Å². The van der Waals surface area contributed by atoms with Crippen LogP contribution in [0.15, 0.2) is 23.5 Å². The lowest BCUT2D eigenvalue weighted by Crippen LogP contribution is -2.36. The van der Waals surface area contributed by atoms with E-state index < -0.39 is 0 Å². The van der Waals surface area contributed by atoms with E-state index in [2.05, 4.69) is 31.2 Å². The molecule has 1 saturated carbocycles. The van der Waals surface area contributed by atoms with Crippen LogP contribution in [0.1, 0.15) is 51.6 Å². The number of aromatic nitrogens is 3. The number of aliphatic imine (C=N–C) groups is 1. The maximum absolute atomic E-state index is 12.0. The van der Waals surface area contributed by atoms with Crippen molar-refractivity contribution >= 4 is 23.3 Å². The Balaban J connectivity index is 1.35. The molecule has 2 fully saturated rings. The number of aliphatic hydroxyl groups excluding tert-OH is 1. The second-order valence-corrected chi connectivity index (χ2v) is 8.07. The zero-order valence-electron chi connectivity index (χ0n) is 17.3. The van der Waals surface area contributed by atoms with E-state index in [0.29, 0.717) is 17.4 Å². The predicted octanol–water partition coefficient (Wildman–Crippen LogP) is 1.81. The summed E-state index contributed by atoms with van der Waals surface area (Å²) >= 11 is 0. The highest BCUT2D eigenvalue weighted by Crippen LogP contribution is 2.33. The van der Waals surface area contributed by atoms with E-state index in [4.69, 9.17) is 4.74 Å². The van der Waals surface area contributed by atoms with E-state index in [-0.39, 0.29) is 30.9 Å². The molecular weight excluding hydrogens is 386 g/mol. The quantitative estimate of drug-likeness (QED) is 0.567. The smallest absolute Gasteiger partial charge is 0.407 e. The third-order valence-corrected chi connectivity index (χ3v) is 5.88. The monoisotopic (exact) mass is 415 g/mol. The van der Waals surface area contributed by atoms with Crippen LogP contribution < -0.4 is 16.2 Å². The van der Waals surface area contributed by atoms with Crippen LogP contribution in [-0.2, 0) is 11.3 Å². The van der Waals surface area contributed by atoms with Gasteiger partial charge in [0.2, 0.25) is 0 Å². The van der Waals surface area contributed by atoms with Crippen molar-refractivity contribution in [2.24, 2.45) is 10.9 Å². The number of aliphatic hydroxyl groups is 1. The fraction of sp³-hybridized carbons (Fsp3) is 0.600. The number of nitrogens with one attached hydrogen (secondary N) is 3. The van der Waals surface area contributed by atoms with Crippen molar-refractivity contribution < 1.29 is 14.6 Å². The molecule has 1 amide bonds. The summed E-state index contributed by atoms with van der Waals surface area (Å²) in [6.07, 6.45) is 7.37. The van der Waals surface area contributed by atoms with Gasteiger partial charge >= 0.3 is 6.09 Å². The molecule has 4 rings (SSSR count). The number of nitrogens with zero attached hydrogens (tertiary/aromatic N) is 4. The molecule has 0 spiro atoms. The summed E-state index contributed by atoms with van der Waals surface area (Å²) in [4.78, 5) is 21.0. The zero-order valence-corrected chi connectivity index (χ0v) is 17.3. The number of hydrazine groups is 1. The molecule has 4 atom stereocenters. The van der Waals surface area contributed by atoms with Crippen LogP contribution in [0.25, 0.3) is 5.52 Å². The molecule has 0 radical (unpaired) electrons. The fourth-order valence-corrected chi connectivity index (χ4v) is 4.03. The van der Waals surface area contributed by atoms with Crippen molar-refractivity contribution in [3.05, 3.63) is 24.2 Å². The Labute approximate surface area is 175 Å². The zero-order chi connectivity index (χ0) is 21.1. The molecule has 4 N–H and O–H groups in total. The summed E-state index contributed by atoms with van der Waals surface area (Å²) in [6, 6.07) is 2.14. The lowest BCUT2D eigenvalue weighted by atomic mass is 9.96. The van der Waals surface area contributed by atoms with Crippen LogP contribution in [0.3, 0.4) is 0 Å². The van der Waals surface area contributed by atoms with E-state index in [1.807, 2.05) is 13.8 Å². The van der Waals surface area contributed by atoms with Gasteiger partial charge < -0.3 is 20.6 Å². The molecule has 3 heterocycles. The molecule has 1 unspecified atom stereocenters. The number of carbonyl (C=O) groups is 1. The van der Waals surface area contributed by atoms with Crippen LogP contribution in [0.5, 0.6) is 0 Å². The molecule has 1 aliphatic carbocycles. The summed E-state index contributed by atoms with van der Waals surface area (Å²) in [5, 5.41) is 16.4. The lowest BCUT2D eigenvalue weighted by Gasteiger charge is -2.18. The third-order valence-electron chi connectivity index (χ3n) is 5.88. The van der Waals surface area contributed by atoms with Gasteiger partial charge in [-0.15, -0.1) is 0 Å². The Bertz CT molecular complexity index is 928. The number of rotatable bonds is 6. The van der Waals surface area contributed by atoms with Crippen LogP contribution in [0.4, 0.5) is 10.6 Å². The van der Waals surface area contributed by atoms with E-state index in [0.717, 1.165) is 43.5 Å². The average Bonchev–Trinajstić information content (AvgIpc) is 3.47. The molecule has 10 nitrogen and oxygen atoms in total. The molecule has 162 valence electrons. The van der Waals surface area contributed by atoms with Crippen molar-refractivity contribution in [2.75, 3.05) is 0 Å². The van der Waals surface area contributed by atoms with Gasteiger partial charge in [-0.3, -0.25) is 0 Å². The molecule has 2 aliphatic rings. The first-order chi connectivity index (χ1) is 14.6. The second-order valence-electron chi connectivity index (χ2n) is 8.07. The first-order valence-corrected chi connectivity index (χ1v) is 10.6. The van der Waals surface area contributed by atoms with Crippen molar-refractivity contribution in [1.29, 1.82) is 0 Å². The molecule has 2 aromatic rings. The highest BCUT2D eigenvalue weighted by molar-refractivity contribution is 5.88. The van der Waals surface area contributed by atoms with Gasteiger partial charge in [0.05, 0.1) is 12.3 Å². The van der Waals surface area contributed by atoms with Gasteiger partial charge in [-0.05, 0) is 44.6 Å². The number of hydrogen-bond donors (Lipinski definition) is 4. The highest BCUT2D eigenvalue weighted by Gasteiger charge is 2.36. The average molecular weight is 415 g/mol. The second kappa shape index (κ2) is 8.97. The van der Waals surface area contributed by atoms with E-state index in [1.54, 1.807) is 23.0 Å². The van der Waals surface area contributed by atoms with Gasteiger partial charge in [-0.2, -0.15) is 5.10 Å². The SMILES string of the molecule is CC[C@@H](C)NC(=O)O[C@@H]1CC[C@H](C2CC(=Nc3nccn4nc(CO)cc34)NN2)C1. The molecule has 0 aromatic carbocycles. The Morgan fingerprint density at radius 3 is 3.17 bits per heavy atom. The number of hydrogen-bond acceptors (Lipinski definition) is 7. The normalized spacial score (nSPS) is 26.1. The standard InChI is InChI=1S/C20H29N7O3/c1-3-12(2)22-20(29)30-15-5-4-13(8-15)16-10-18(25-24-16)23-19-17-9-14(11-28)26-27(17)7-6-21-19/h6-7,9,12-13,15-16,24,28H,3-5,8,10-11H2,1-2H3,(H,22,29)(H,21,23,25)/t12-,13+,15-,16?/m1/s1. The van der Waals surface area contributed by atoms with Crippen molar-refractivity contribution in [2.45, 2.75) is 70.7 Å². The summed E-state index contributed by atoms with van der Waals surface area (Å²) in [6.45, 7) is 3.88. The van der Waals surface area contributed by atoms with Gasteiger partial charge in [0, 0.05) is 30.9 Å². The number of fused-ring (bicyclic) bond motifs is 1. The summed E-state index contributed by atoms with van der Waals surface area (Å²) in [7, 11) is 0. The highest BCUT2D eigenvalue weighted by atomic mass is 16.6. The predicted molar refractivity (Wildman–Crippen MR) is 111 cm³/mol. The first-order valence-electron chi connectivity index (χ1n) is 10.6. The summed E-state index contributed by atoms with van der Waals surface area (Å²) in [5.74, 6) is 1.78. The topological polar surface area (TPSA) is 125 Å². The number of alkyl carbamates (subject to hydrolysis) is 1. The molecule has 1 aliphatic heterocycles. The number of amides is 1. The number of amidine groups is 1. The Morgan fingerprint density at radius 1 is 1.50 bits per heavy atom. The van der Waals surface area contributed by atoms with Crippen LogP contribution in [0.2, 0.25) is 0 Å².